The zero-order valence-electron chi connectivity index (χ0n) is 11.6. The molecule has 19 heavy (non-hydrogen) atoms. The van der Waals surface area contributed by atoms with Crippen molar-refractivity contribution in [1.82, 2.24) is 10.2 Å². The van der Waals surface area contributed by atoms with E-state index in [2.05, 4.69) is 5.32 Å². The zero-order valence-corrected chi connectivity index (χ0v) is 12.4. The quantitative estimate of drug-likeness (QED) is 0.841. The lowest BCUT2D eigenvalue weighted by molar-refractivity contribution is 0.0973. The number of ether oxygens (including phenoxy) is 1. The van der Waals surface area contributed by atoms with E-state index in [4.69, 9.17) is 17.0 Å². The van der Waals surface area contributed by atoms with Crippen LogP contribution in [0.25, 0.3) is 0 Å². The van der Waals surface area contributed by atoms with Gasteiger partial charge in [-0.15, -0.1) is 0 Å². The Kier molecular flexibility index (Phi) is 6.29. The molecule has 0 heterocycles. The van der Waals surface area contributed by atoms with Gasteiger partial charge in [-0.05, 0) is 57.3 Å². The molecule has 5 heteroatoms. The average molecular weight is 280 g/mol. The van der Waals surface area contributed by atoms with Gasteiger partial charge in [-0.25, -0.2) is 0 Å². The highest BCUT2D eigenvalue weighted by molar-refractivity contribution is 7.80. The van der Waals surface area contributed by atoms with Crippen LogP contribution in [0, 0.1) is 0 Å². The second-order valence-electron chi connectivity index (χ2n) is 3.89. The first-order valence-electron chi connectivity index (χ1n) is 6.45. The fourth-order valence-corrected chi connectivity index (χ4v) is 1.98. The van der Waals surface area contributed by atoms with Gasteiger partial charge in [-0.2, -0.15) is 0 Å². The van der Waals surface area contributed by atoms with Gasteiger partial charge in [-0.1, -0.05) is 0 Å². The minimum atomic E-state index is -0.194. The van der Waals surface area contributed by atoms with Gasteiger partial charge in [0.2, 0.25) is 0 Å². The van der Waals surface area contributed by atoms with E-state index in [9.17, 15) is 4.79 Å². The van der Waals surface area contributed by atoms with Crippen LogP contribution >= 0.6 is 12.2 Å². The smallest absolute Gasteiger partial charge is 0.257 e. The van der Waals surface area contributed by atoms with Crippen LogP contribution in [0.15, 0.2) is 24.3 Å². The molecule has 0 aliphatic carbocycles. The summed E-state index contributed by atoms with van der Waals surface area (Å²) in [5, 5.41) is 3.19. The van der Waals surface area contributed by atoms with Gasteiger partial charge in [0, 0.05) is 18.7 Å². The maximum absolute atomic E-state index is 12.0. The summed E-state index contributed by atoms with van der Waals surface area (Å²) in [4.78, 5) is 13.9. The van der Waals surface area contributed by atoms with Crippen LogP contribution in [0.5, 0.6) is 5.75 Å². The van der Waals surface area contributed by atoms with Gasteiger partial charge in [0.05, 0.1) is 6.61 Å². The van der Waals surface area contributed by atoms with Gasteiger partial charge >= 0.3 is 0 Å². The van der Waals surface area contributed by atoms with E-state index in [1.807, 2.05) is 25.7 Å². The predicted octanol–water partition coefficient (Wildman–Crippen LogP) is 2.44. The normalized spacial score (nSPS) is 9.84. The van der Waals surface area contributed by atoms with Crippen LogP contribution in [0.2, 0.25) is 0 Å². The molecule has 0 aromatic heterocycles. The monoisotopic (exact) mass is 280 g/mol. The van der Waals surface area contributed by atoms with Crippen molar-refractivity contribution in [2.75, 3.05) is 19.7 Å². The third-order valence-electron chi connectivity index (χ3n) is 2.70. The Hall–Kier alpha value is -1.62. The topological polar surface area (TPSA) is 41.6 Å². The number of nitrogens with zero attached hydrogens (tertiary/aromatic N) is 1. The molecule has 0 aliphatic rings. The van der Waals surface area contributed by atoms with Crippen molar-refractivity contribution in [1.29, 1.82) is 0 Å². The average Bonchev–Trinajstić information content (AvgIpc) is 2.41. The lowest BCUT2D eigenvalue weighted by atomic mass is 10.2. The molecule has 4 nitrogen and oxygen atoms in total. The summed E-state index contributed by atoms with van der Waals surface area (Å²) in [5.74, 6) is 0.560. The van der Waals surface area contributed by atoms with Gasteiger partial charge in [0.15, 0.2) is 5.11 Å². The van der Waals surface area contributed by atoms with Gasteiger partial charge in [0.1, 0.15) is 5.75 Å². The Morgan fingerprint density at radius 2 is 1.79 bits per heavy atom. The zero-order chi connectivity index (χ0) is 14.3. The molecular weight excluding hydrogens is 260 g/mol. The molecule has 1 N–H and O–H groups in total. The number of hydrogen-bond donors (Lipinski definition) is 1. The molecular formula is C14H20N2O2S. The Balaban J connectivity index is 2.65. The summed E-state index contributed by atoms with van der Waals surface area (Å²) in [6, 6.07) is 7.01. The number of benzene rings is 1. The molecule has 0 aliphatic heterocycles. The highest BCUT2D eigenvalue weighted by atomic mass is 32.1. The van der Waals surface area contributed by atoms with Crippen molar-refractivity contribution >= 4 is 23.2 Å². The second-order valence-corrected chi connectivity index (χ2v) is 4.28. The van der Waals surface area contributed by atoms with Gasteiger partial charge in [0.25, 0.3) is 5.91 Å². The SMILES string of the molecule is CCOc1ccc(C(=O)NC(=S)N(CC)CC)cc1. The van der Waals surface area contributed by atoms with Crippen molar-refractivity contribution in [3.05, 3.63) is 29.8 Å². The Bertz CT molecular complexity index is 428. The molecule has 0 saturated carbocycles. The molecule has 1 aromatic rings. The van der Waals surface area contributed by atoms with Crippen LogP contribution in [-0.2, 0) is 0 Å². The largest absolute Gasteiger partial charge is 0.494 e. The lowest BCUT2D eigenvalue weighted by Gasteiger charge is -2.21. The summed E-state index contributed by atoms with van der Waals surface area (Å²) in [7, 11) is 0. The molecule has 1 aromatic carbocycles. The van der Waals surface area contributed by atoms with Crippen molar-refractivity contribution < 1.29 is 9.53 Å². The number of carbonyl (C=O) groups is 1. The molecule has 0 unspecified atom stereocenters. The van der Waals surface area contributed by atoms with E-state index in [1.54, 1.807) is 24.3 Å². The van der Waals surface area contributed by atoms with Gasteiger partial charge in [-0.3, -0.25) is 10.1 Å². The molecule has 0 fully saturated rings. The lowest BCUT2D eigenvalue weighted by Crippen LogP contribution is -2.42. The first kappa shape index (κ1) is 15.4. The number of amides is 1. The maximum Gasteiger partial charge on any atom is 0.257 e. The summed E-state index contributed by atoms with van der Waals surface area (Å²) in [6.07, 6.45) is 0. The van der Waals surface area contributed by atoms with Crippen molar-refractivity contribution in [2.24, 2.45) is 0 Å². The molecule has 0 atom stereocenters. The van der Waals surface area contributed by atoms with E-state index in [0.717, 1.165) is 18.8 Å². The number of carbonyl (C=O) groups excluding carboxylic acids is 1. The van der Waals surface area contributed by atoms with Crippen LogP contribution in [0.1, 0.15) is 31.1 Å². The number of hydrogen-bond acceptors (Lipinski definition) is 3. The standard InChI is InChI=1S/C14H20N2O2S/c1-4-16(5-2)14(19)15-13(17)11-7-9-12(10-8-11)18-6-3/h7-10H,4-6H2,1-3H3,(H,15,17,19). The third-order valence-corrected chi connectivity index (χ3v) is 3.06. The van der Waals surface area contributed by atoms with Crippen LogP contribution in [-0.4, -0.2) is 35.6 Å². The highest BCUT2D eigenvalue weighted by Gasteiger charge is 2.11. The molecule has 104 valence electrons. The maximum atomic E-state index is 12.0. The number of thiocarbonyl (C=S) groups is 1. The first-order valence-corrected chi connectivity index (χ1v) is 6.86. The molecule has 1 amide bonds. The van der Waals surface area contributed by atoms with Crippen LogP contribution in [0.4, 0.5) is 0 Å². The Labute approximate surface area is 119 Å². The Morgan fingerprint density at radius 1 is 1.21 bits per heavy atom. The predicted molar refractivity (Wildman–Crippen MR) is 80.6 cm³/mol. The molecule has 0 spiro atoms. The second kappa shape index (κ2) is 7.74. The highest BCUT2D eigenvalue weighted by Crippen LogP contribution is 2.12. The fourth-order valence-electron chi connectivity index (χ4n) is 1.63. The summed E-state index contributed by atoms with van der Waals surface area (Å²) in [6.45, 7) is 8.08. The third kappa shape index (κ3) is 4.52. The molecule has 1 rings (SSSR count). The van der Waals surface area contributed by atoms with E-state index < -0.39 is 0 Å². The number of nitrogens with one attached hydrogen (secondary N) is 1. The van der Waals surface area contributed by atoms with Crippen LogP contribution < -0.4 is 10.1 Å². The van der Waals surface area contributed by atoms with E-state index in [0.29, 0.717) is 17.3 Å². The van der Waals surface area contributed by atoms with Crippen molar-refractivity contribution in [2.45, 2.75) is 20.8 Å². The van der Waals surface area contributed by atoms with Crippen molar-refractivity contribution in [3.8, 4) is 5.75 Å². The van der Waals surface area contributed by atoms with Gasteiger partial charge < -0.3 is 9.64 Å². The fraction of sp³-hybridized carbons (Fsp3) is 0.429. The summed E-state index contributed by atoms with van der Waals surface area (Å²) >= 11 is 5.19. The molecule has 0 bridgehead atoms. The van der Waals surface area contributed by atoms with Crippen molar-refractivity contribution in [3.63, 3.8) is 0 Å². The van der Waals surface area contributed by atoms with E-state index in [1.165, 1.54) is 0 Å². The summed E-state index contributed by atoms with van der Waals surface area (Å²) < 4.78 is 5.33. The first-order chi connectivity index (χ1) is 9.12. The summed E-state index contributed by atoms with van der Waals surface area (Å²) in [5.41, 5.74) is 0.568. The molecule has 0 saturated heterocycles. The van der Waals surface area contributed by atoms with Crippen LogP contribution in [0.3, 0.4) is 0 Å². The minimum Gasteiger partial charge on any atom is -0.494 e. The van der Waals surface area contributed by atoms with E-state index in [-0.39, 0.29) is 5.91 Å². The minimum absolute atomic E-state index is 0.194. The number of rotatable bonds is 5. The van der Waals surface area contributed by atoms with E-state index >= 15 is 0 Å². The molecule has 0 radical (unpaired) electrons. The Morgan fingerprint density at radius 3 is 2.26 bits per heavy atom.